The molecule has 0 spiro atoms. The summed E-state index contributed by atoms with van der Waals surface area (Å²) in [5.41, 5.74) is 0.369. The SMILES string of the molecule is CCCCC(CC)n1ccc(C#N)cc1=O. The second-order valence-electron chi connectivity index (χ2n) is 3.98. The zero-order valence-corrected chi connectivity index (χ0v) is 9.94. The topological polar surface area (TPSA) is 45.8 Å². The normalized spacial score (nSPS) is 12.1. The average Bonchev–Trinajstić information content (AvgIpc) is 2.31. The molecule has 1 unspecified atom stereocenters. The lowest BCUT2D eigenvalue weighted by Crippen LogP contribution is -2.23. The van der Waals surface area contributed by atoms with Crippen LogP contribution < -0.4 is 5.56 Å². The summed E-state index contributed by atoms with van der Waals surface area (Å²) in [4.78, 5) is 11.8. The molecule has 1 atom stereocenters. The molecule has 16 heavy (non-hydrogen) atoms. The highest BCUT2D eigenvalue weighted by Gasteiger charge is 2.09. The van der Waals surface area contributed by atoms with Crippen molar-refractivity contribution in [2.24, 2.45) is 0 Å². The molecular formula is C13H18N2O. The van der Waals surface area contributed by atoms with Crippen LogP contribution in [-0.2, 0) is 0 Å². The smallest absolute Gasteiger partial charge is 0.252 e. The van der Waals surface area contributed by atoms with Crippen LogP contribution in [0.15, 0.2) is 23.1 Å². The Morgan fingerprint density at radius 2 is 2.25 bits per heavy atom. The molecule has 0 aliphatic heterocycles. The summed E-state index contributed by atoms with van der Waals surface area (Å²) < 4.78 is 1.75. The fraction of sp³-hybridized carbons (Fsp3) is 0.538. The molecular weight excluding hydrogens is 200 g/mol. The Kier molecular flexibility index (Phi) is 4.78. The number of pyridine rings is 1. The summed E-state index contributed by atoms with van der Waals surface area (Å²) in [5, 5.41) is 8.69. The molecule has 0 aliphatic carbocycles. The third-order valence-corrected chi connectivity index (χ3v) is 2.83. The molecule has 0 radical (unpaired) electrons. The first-order valence-corrected chi connectivity index (χ1v) is 5.85. The Morgan fingerprint density at radius 1 is 1.50 bits per heavy atom. The number of aromatic nitrogens is 1. The summed E-state index contributed by atoms with van der Waals surface area (Å²) in [6, 6.07) is 5.36. The van der Waals surface area contributed by atoms with Crippen LogP contribution in [0, 0.1) is 11.3 Å². The largest absolute Gasteiger partial charge is 0.312 e. The van der Waals surface area contributed by atoms with E-state index in [9.17, 15) is 4.79 Å². The highest BCUT2D eigenvalue weighted by atomic mass is 16.1. The van der Waals surface area contributed by atoms with Gasteiger partial charge in [0.25, 0.3) is 5.56 Å². The van der Waals surface area contributed by atoms with Gasteiger partial charge in [-0.3, -0.25) is 4.79 Å². The molecule has 1 aromatic heterocycles. The maximum atomic E-state index is 11.8. The fourth-order valence-corrected chi connectivity index (χ4v) is 1.84. The predicted octanol–water partition coefficient (Wildman–Crippen LogP) is 2.86. The third-order valence-electron chi connectivity index (χ3n) is 2.83. The van der Waals surface area contributed by atoms with Crippen LogP contribution in [-0.4, -0.2) is 4.57 Å². The minimum Gasteiger partial charge on any atom is -0.312 e. The van der Waals surface area contributed by atoms with Gasteiger partial charge >= 0.3 is 0 Å². The van der Waals surface area contributed by atoms with Gasteiger partial charge in [-0.2, -0.15) is 5.26 Å². The van der Waals surface area contributed by atoms with Gasteiger partial charge in [-0.1, -0.05) is 26.7 Å². The minimum absolute atomic E-state index is 0.0676. The quantitative estimate of drug-likeness (QED) is 0.762. The molecule has 0 amide bonds. The summed E-state index contributed by atoms with van der Waals surface area (Å²) in [5.74, 6) is 0. The van der Waals surface area contributed by atoms with Crippen molar-refractivity contribution in [3.8, 4) is 6.07 Å². The van der Waals surface area contributed by atoms with E-state index in [-0.39, 0.29) is 11.6 Å². The minimum atomic E-state index is -0.0676. The summed E-state index contributed by atoms with van der Waals surface area (Å²) in [7, 11) is 0. The van der Waals surface area contributed by atoms with Crippen molar-refractivity contribution in [3.63, 3.8) is 0 Å². The number of unbranched alkanes of at least 4 members (excludes halogenated alkanes) is 1. The van der Waals surface area contributed by atoms with Crippen molar-refractivity contribution < 1.29 is 0 Å². The van der Waals surface area contributed by atoms with Crippen LogP contribution in [0.3, 0.4) is 0 Å². The zero-order chi connectivity index (χ0) is 12.0. The van der Waals surface area contributed by atoms with Gasteiger partial charge in [-0.15, -0.1) is 0 Å². The number of rotatable bonds is 5. The molecule has 0 saturated heterocycles. The zero-order valence-electron chi connectivity index (χ0n) is 9.94. The monoisotopic (exact) mass is 218 g/mol. The molecule has 0 saturated carbocycles. The fourth-order valence-electron chi connectivity index (χ4n) is 1.84. The highest BCUT2D eigenvalue weighted by molar-refractivity contribution is 5.25. The third kappa shape index (κ3) is 2.96. The molecule has 0 bridgehead atoms. The molecule has 1 rings (SSSR count). The first-order chi connectivity index (χ1) is 7.72. The van der Waals surface area contributed by atoms with Crippen molar-refractivity contribution >= 4 is 0 Å². The summed E-state index contributed by atoms with van der Waals surface area (Å²) >= 11 is 0. The molecule has 86 valence electrons. The molecule has 0 N–H and O–H groups in total. The molecule has 0 aromatic carbocycles. The average molecular weight is 218 g/mol. The first kappa shape index (κ1) is 12.5. The number of hydrogen-bond acceptors (Lipinski definition) is 2. The molecule has 3 heteroatoms. The van der Waals surface area contributed by atoms with Gasteiger partial charge in [-0.05, 0) is 18.9 Å². The highest BCUT2D eigenvalue weighted by Crippen LogP contribution is 2.16. The molecule has 1 aromatic rings. The summed E-state index contributed by atoms with van der Waals surface area (Å²) in [6.45, 7) is 4.24. The second kappa shape index (κ2) is 6.12. The van der Waals surface area contributed by atoms with Crippen LogP contribution >= 0.6 is 0 Å². The molecule has 1 heterocycles. The lowest BCUT2D eigenvalue weighted by Gasteiger charge is -2.17. The summed E-state index contributed by atoms with van der Waals surface area (Å²) in [6.07, 6.45) is 5.99. The second-order valence-corrected chi connectivity index (χ2v) is 3.98. The van der Waals surface area contributed by atoms with Crippen molar-refractivity contribution in [1.29, 1.82) is 5.26 Å². The van der Waals surface area contributed by atoms with Gasteiger partial charge in [0.2, 0.25) is 0 Å². The van der Waals surface area contributed by atoms with Crippen LogP contribution in [0.5, 0.6) is 0 Å². The lowest BCUT2D eigenvalue weighted by molar-refractivity contribution is 0.425. The van der Waals surface area contributed by atoms with E-state index in [1.54, 1.807) is 16.8 Å². The van der Waals surface area contributed by atoms with Gasteiger partial charge < -0.3 is 4.57 Å². The Labute approximate surface area is 96.3 Å². The van der Waals surface area contributed by atoms with E-state index in [2.05, 4.69) is 13.8 Å². The Balaban J connectivity index is 2.94. The van der Waals surface area contributed by atoms with E-state index in [0.29, 0.717) is 5.56 Å². The number of hydrogen-bond donors (Lipinski definition) is 0. The van der Waals surface area contributed by atoms with Gasteiger partial charge in [0.05, 0.1) is 11.6 Å². The van der Waals surface area contributed by atoms with Crippen molar-refractivity contribution in [2.75, 3.05) is 0 Å². The lowest BCUT2D eigenvalue weighted by atomic mass is 10.1. The Morgan fingerprint density at radius 3 is 2.75 bits per heavy atom. The standard InChI is InChI=1S/C13H18N2O/c1-3-5-6-12(4-2)15-8-7-11(10-14)9-13(15)16/h7-9,12H,3-6H2,1-2H3. The van der Waals surface area contributed by atoms with Crippen molar-refractivity contribution in [1.82, 2.24) is 4.57 Å². The van der Waals surface area contributed by atoms with Crippen LogP contribution in [0.2, 0.25) is 0 Å². The van der Waals surface area contributed by atoms with Gasteiger partial charge in [-0.25, -0.2) is 0 Å². The molecule has 3 nitrogen and oxygen atoms in total. The van der Waals surface area contributed by atoms with E-state index in [4.69, 9.17) is 5.26 Å². The van der Waals surface area contributed by atoms with Crippen molar-refractivity contribution in [3.05, 3.63) is 34.2 Å². The van der Waals surface area contributed by atoms with Crippen molar-refractivity contribution in [2.45, 2.75) is 45.6 Å². The number of nitriles is 1. The van der Waals surface area contributed by atoms with E-state index in [1.807, 2.05) is 6.07 Å². The maximum Gasteiger partial charge on any atom is 0.252 e. The molecule has 0 aliphatic rings. The number of nitrogens with zero attached hydrogens (tertiary/aromatic N) is 2. The van der Waals surface area contributed by atoms with Gasteiger partial charge in [0.1, 0.15) is 0 Å². The van der Waals surface area contributed by atoms with Crippen LogP contribution in [0.1, 0.15) is 51.1 Å². The Hall–Kier alpha value is -1.56. The van der Waals surface area contributed by atoms with E-state index < -0.39 is 0 Å². The van der Waals surface area contributed by atoms with Crippen LogP contribution in [0.4, 0.5) is 0 Å². The first-order valence-electron chi connectivity index (χ1n) is 5.85. The van der Waals surface area contributed by atoms with Gasteiger partial charge in [0.15, 0.2) is 0 Å². The maximum absolute atomic E-state index is 11.8. The van der Waals surface area contributed by atoms with E-state index in [1.165, 1.54) is 6.07 Å². The van der Waals surface area contributed by atoms with E-state index >= 15 is 0 Å². The van der Waals surface area contributed by atoms with E-state index in [0.717, 1.165) is 25.7 Å². The van der Waals surface area contributed by atoms with Gasteiger partial charge in [0, 0.05) is 18.3 Å². The molecule has 0 fully saturated rings. The Bertz CT molecular complexity index is 428. The van der Waals surface area contributed by atoms with Crippen LogP contribution in [0.25, 0.3) is 0 Å². The predicted molar refractivity (Wildman–Crippen MR) is 64.3 cm³/mol.